The monoisotopic (exact) mass is 273 g/mol. The summed E-state index contributed by atoms with van der Waals surface area (Å²) >= 11 is 0. The lowest BCUT2D eigenvalue weighted by Crippen LogP contribution is -2.24. The number of aliphatic hydroxyl groups excluding tert-OH is 1. The molecule has 0 unspecified atom stereocenters. The number of aliphatic hydroxyl groups is 1. The third-order valence-corrected chi connectivity index (χ3v) is 2.97. The zero-order valence-corrected chi connectivity index (χ0v) is 11.0. The van der Waals surface area contributed by atoms with Crippen LogP contribution in [0.4, 0.5) is 4.39 Å². The van der Waals surface area contributed by atoms with Crippen LogP contribution < -0.4 is 5.32 Å². The number of hydrogen-bond acceptors (Lipinski definition) is 2. The van der Waals surface area contributed by atoms with Gasteiger partial charge in [0.1, 0.15) is 5.82 Å². The number of amides is 1. The van der Waals surface area contributed by atoms with E-state index in [2.05, 4.69) is 5.32 Å². The standard InChI is InChI=1S/C16H16FNO2/c17-15-7-2-1-6-14(15)9-16(20)18-10-12-4-3-5-13(8-12)11-19/h1-8,19H,9-11H2,(H,18,20). The van der Waals surface area contributed by atoms with Crippen molar-refractivity contribution < 1.29 is 14.3 Å². The highest BCUT2D eigenvalue weighted by Gasteiger charge is 2.07. The number of carbonyl (C=O) groups excluding carboxylic acids is 1. The van der Waals surface area contributed by atoms with E-state index in [-0.39, 0.29) is 24.8 Å². The summed E-state index contributed by atoms with van der Waals surface area (Å²) in [5.41, 5.74) is 2.08. The Morgan fingerprint density at radius 1 is 1.10 bits per heavy atom. The molecule has 0 saturated heterocycles. The van der Waals surface area contributed by atoms with Crippen molar-refractivity contribution in [1.29, 1.82) is 0 Å². The van der Waals surface area contributed by atoms with E-state index >= 15 is 0 Å². The van der Waals surface area contributed by atoms with Gasteiger partial charge in [0.25, 0.3) is 0 Å². The van der Waals surface area contributed by atoms with Gasteiger partial charge in [-0.25, -0.2) is 4.39 Å². The SMILES string of the molecule is O=C(Cc1ccccc1F)NCc1cccc(CO)c1. The van der Waals surface area contributed by atoms with Gasteiger partial charge in [-0.15, -0.1) is 0 Å². The Hall–Kier alpha value is -2.20. The van der Waals surface area contributed by atoms with E-state index in [4.69, 9.17) is 5.11 Å². The third kappa shape index (κ3) is 3.90. The summed E-state index contributed by atoms with van der Waals surface area (Å²) in [5, 5.41) is 11.8. The molecule has 2 rings (SSSR count). The fourth-order valence-corrected chi connectivity index (χ4v) is 1.92. The predicted molar refractivity (Wildman–Crippen MR) is 74.3 cm³/mol. The average molecular weight is 273 g/mol. The van der Waals surface area contributed by atoms with Gasteiger partial charge < -0.3 is 10.4 Å². The molecule has 0 aliphatic heterocycles. The molecule has 1 amide bonds. The second-order valence-corrected chi connectivity index (χ2v) is 4.52. The lowest BCUT2D eigenvalue weighted by molar-refractivity contribution is -0.120. The van der Waals surface area contributed by atoms with Crippen LogP contribution in [0.25, 0.3) is 0 Å². The largest absolute Gasteiger partial charge is 0.392 e. The van der Waals surface area contributed by atoms with Crippen LogP contribution in [0.1, 0.15) is 16.7 Å². The van der Waals surface area contributed by atoms with Crippen molar-refractivity contribution in [3.05, 3.63) is 71.0 Å². The van der Waals surface area contributed by atoms with Crippen molar-refractivity contribution in [1.82, 2.24) is 5.32 Å². The van der Waals surface area contributed by atoms with Gasteiger partial charge in [-0.1, -0.05) is 42.5 Å². The molecule has 4 heteroatoms. The van der Waals surface area contributed by atoms with Gasteiger partial charge in [-0.3, -0.25) is 4.79 Å². The lowest BCUT2D eigenvalue weighted by atomic mass is 10.1. The van der Waals surface area contributed by atoms with Crippen LogP contribution in [0.2, 0.25) is 0 Å². The van der Waals surface area contributed by atoms with Crippen molar-refractivity contribution in [2.45, 2.75) is 19.6 Å². The highest BCUT2D eigenvalue weighted by Crippen LogP contribution is 2.08. The number of carbonyl (C=O) groups is 1. The maximum atomic E-state index is 13.4. The molecule has 0 saturated carbocycles. The highest BCUT2D eigenvalue weighted by molar-refractivity contribution is 5.78. The zero-order valence-electron chi connectivity index (χ0n) is 11.0. The Bertz CT molecular complexity index is 599. The molecule has 0 fully saturated rings. The van der Waals surface area contributed by atoms with Crippen LogP contribution in [-0.2, 0) is 24.4 Å². The molecule has 2 N–H and O–H groups in total. The zero-order chi connectivity index (χ0) is 14.4. The normalized spacial score (nSPS) is 10.3. The summed E-state index contributed by atoms with van der Waals surface area (Å²) in [6, 6.07) is 13.6. The van der Waals surface area contributed by atoms with Crippen LogP contribution in [0.5, 0.6) is 0 Å². The first-order valence-corrected chi connectivity index (χ1v) is 6.38. The Morgan fingerprint density at radius 3 is 2.60 bits per heavy atom. The van der Waals surface area contributed by atoms with Crippen LogP contribution in [0.15, 0.2) is 48.5 Å². The van der Waals surface area contributed by atoms with Gasteiger partial charge in [-0.05, 0) is 22.8 Å². The van der Waals surface area contributed by atoms with E-state index in [1.165, 1.54) is 6.07 Å². The molecule has 0 bridgehead atoms. The van der Waals surface area contributed by atoms with Crippen LogP contribution in [0, 0.1) is 5.82 Å². The molecule has 2 aromatic rings. The van der Waals surface area contributed by atoms with Gasteiger partial charge in [0.15, 0.2) is 0 Å². The molecule has 0 aromatic heterocycles. The minimum Gasteiger partial charge on any atom is -0.392 e. The first-order valence-electron chi connectivity index (χ1n) is 6.38. The molecule has 2 aromatic carbocycles. The van der Waals surface area contributed by atoms with E-state index in [0.717, 1.165) is 11.1 Å². The van der Waals surface area contributed by atoms with E-state index in [0.29, 0.717) is 12.1 Å². The van der Waals surface area contributed by atoms with E-state index in [1.807, 2.05) is 24.3 Å². The number of hydrogen-bond donors (Lipinski definition) is 2. The fraction of sp³-hybridized carbons (Fsp3) is 0.188. The van der Waals surface area contributed by atoms with Crippen molar-refractivity contribution in [2.24, 2.45) is 0 Å². The van der Waals surface area contributed by atoms with E-state index in [1.54, 1.807) is 18.2 Å². The summed E-state index contributed by atoms with van der Waals surface area (Å²) in [7, 11) is 0. The van der Waals surface area contributed by atoms with Crippen LogP contribution in [0.3, 0.4) is 0 Å². The Balaban J connectivity index is 1.90. The molecular weight excluding hydrogens is 257 g/mol. The van der Waals surface area contributed by atoms with Gasteiger partial charge >= 0.3 is 0 Å². The molecule has 0 aliphatic carbocycles. The third-order valence-electron chi connectivity index (χ3n) is 2.97. The summed E-state index contributed by atoms with van der Waals surface area (Å²) in [6.45, 7) is 0.331. The van der Waals surface area contributed by atoms with Crippen LogP contribution in [-0.4, -0.2) is 11.0 Å². The number of benzene rings is 2. The van der Waals surface area contributed by atoms with Gasteiger partial charge in [0.2, 0.25) is 5.91 Å². The Labute approximate surface area is 117 Å². The van der Waals surface area contributed by atoms with Crippen molar-refractivity contribution in [2.75, 3.05) is 0 Å². The molecule has 104 valence electrons. The smallest absolute Gasteiger partial charge is 0.224 e. The maximum absolute atomic E-state index is 13.4. The molecule has 0 spiro atoms. The van der Waals surface area contributed by atoms with E-state index < -0.39 is 0 Å². The average Bonchev–Trinajstić information content (AvgIpc) is 2.48. The predicted octanol–water partition coefficient (Wildman–Crippen LogP) is 2.18. The Kier molecular flexibility index (Phi) is 4.85. The highest BCUT2D eigenvalue weighted by atomic mass is 19.1. The second-order valence-electron chi connectivity index (χ2n) is 4.52. The van der Waals surface area contributed by atoms with Crippen molar-refractivity contribution >= 4 is 5.91 Å². The lowest BCUT2D eigenvalue weighted by Gasteiger charge is -2.07. The number of nitrogens with one attached hydrogen (secondary N) is 1. The molecular formula is C16H16FNO2. The maximum Gasteiger partial charge on any atom is 0.224 e. The summed E-state index contributed by atoms with van der Waals surface area (Å²) in [5.74, 6) is -0.602. The second kappa shape index (κ2) is 6.82. The van der Waals surface area contributed by atoms with Crippen molar-refractivity contribution in [3.63, 3.8) is 0 Å². The van der Waals surface area contributed by atoms with E-state index in [9.17, 15) is 9.18 Å². The Morgan fingerprint density at radius 2 is 1.85 bits per heavy atom. The quantitative estimate of drug-likeness (QED) is 0.877. The molecule has 0 atom stereocenters. The minimum absolute atomic E-state index is 0.0202. The molecule has 0 aliphatic rings. The first-order chi connectivity index (χ1) is 9.69. The van der Waals surface area contributed by atoms with Crippen molar-refractivity contribution in [3.8, 4) is 0 Å². The summed E-state index contributed by atoms with van der Waals surface area (Å²) in [4.78, 5) is 11.8. The molecule has 20 heavy (non-hydrogen) atoms. The number of rotatable bonds is 5. The van der Waals surface area contributed by atoms with Gasteiger partial charge in [0, 0.05) is 6.54 Å². The molecule has 0 heterocycles. The van der Waals surface area contributed by atoms with Gasteiger partial charge in [-0.2, -0.15) is 0 Å². The minimum atomic E-state index is -0.370. The first kappa shape index (κ1) is 14.2. The topological polar surface area (TPSA) is 49.3 Å². The summed E-state index contributed by atoms with van der Waals surface area (Å²) in [6.07, 6.45) is 0.0202. The molecule has 0 radical (unpaired) electrons. The molecule has 3 nitrogen and oxygen atoms in total. The summed E-state index contributed by atoms with van der Waals surface area (Å²) < 4.78 is 13.4. The van der Waals surface area contributed by atoms with Crippen LogP contribution >= 0.6 is 0 Å². The van der Waals surface area contributed by atoms with Gasteiger partial charge in [0.05, 0.1) is 13.0 Å². The number of halogens is 1. The fourth-order valence-electron chi connectivity index (χ4n) is 1.92.